The third-order valence-corrected chi connectivity index (χ3v) is 12.8. The molecule has 12 heteroatoms. The zero-order chi connectivity index (χ0) is 52.7. The highest BCUT2D eigenvalue weighted by molar-refractivity contribution is 7.47. The first-order valence-corrected chi connectivity index (χ1v) is 30.0. The number of ether oxygens (including phenoxy) is 3. The molecule has 0 rings (SSSR count). The van der Waals surface area contributed by atoms with Gasteiger partial charge in [0.25, 0.3) is 0 Å². The van der Waals surface area contributed by atoms with Crippen molar-refractivity contribution in [3.63, 3.8) is 0 Å². The normalized spacial score (nSPS) is 14.0. The molecule has 0 aromatic heterocycles. The molecule has 0 aliphatic rings. The molecule has 414 valence electrons. The average Bonchev–Trinajstić information content (AvgIpc) is 3.37. The first-order valence-electron chi connectivity index (χ1n) is 28.5. The summed E-state index contributed by atoms with van der Waals surface area (Å²) in [7, 11) is -4.75. The second-order valence-corrected chi connectivity index (χ2v) is 20.1. The summed E-state index contributed by atoms with van der Waals surface area (Å²) in [6, 6.07) is 0. The second-order valence-electron chi connectivity index (χ2n) is 18.7. The van der Waals surface area contributed by atoms with E-state index in [2.05, 4.69) is 106 Å². The van der Waals surface area contributed by atoms with Crippen LogP contribution in [-0.4, -0.2) is 66.5 Å². The van der Waals surface area contributed by atoms with Gasteiger partial charge in [0.2, 0.25) is 0 Å². The number of rotatable bonds is 52. The van der Waals surface area contributed by atoms with Gasteiger partial charge in [0, 0.05) is 19.3 Å². The molecule has 0 saturated heterocycles. The number of aliphatic hydroxyl groups is 1. The van der Waals surface area contributed by atoms with Crippen LogP contribution in [0.5, 0.6) is 0 Å². The predicted octanol–water partition coefficient (Wildman–Crippen LogP) is 16.7. The molecule has 3 atom stereocenters. The van der Waals surface area contributed by atoms with Crippen molar-refractivity contribution in [3.8, 4) is 0 Å². The smallest absolute Gasteiger partial charge is 0.462 e. The van der Waals surface area contributed by atoms with Crippen molar-refractivity contribution in [2.45, 2.75) is 251 Å². The summed E-state index contributed by atoms with van der Waals surface area (Å²) >= 11 is 0. The molecule has 0 aliphatic carbocycles. The summed E-state index contributed by atoms with van der Waals surface area (Å²) in [5.74, 6) is -1.49. The molecule has 0 saturated carbocycles. The van der Waals surface area contributed by atoms with Crippen LogP contribution in [0.25, 0.3) is 0 Å². The molecule has 72 heavy (non-hydrogen) atoms. The predicted molar refractivity (Wildman–Crippen MR) is 298 cm³/mol. The molecule has 0 amide bonds. The van der Waals surface area contributed by atoms with Crippen LogP contribution in [0.15, 0.2) is 85.1 Å². The third kappa shape index (κ3) is 51.6. The minimum atomic E-state index is -4.75. The van der Waals surface area contributed by atoms with E-state index in [0.717, 1.165) is 135 Å². The third-order valence-electron chi connectivity index (χ3n) is 11.8. The number of hydrogen-bond acceptors (Lipinski definition) is 10. The summed E-state index contributed by atoms with van der Waals surface area (Å²) in [5, 5.41) is 9.81. The minimum absolute atomic E-state index is 0.149. The van der Waals surface area contributed by atoms with Gasteiger partial charge >= 0.3 is 25.7 Å². The Balaban J connectivity index is 4.66. The molecule has 0 aliphatic heterocycles. The maximum Gasteiger partial charge on any atom is 0.472 e. The summed E-state index contributed by atoms with van der Waals surface area (Å²) in [5.41, 5.74) is 0. The van der Waals surface area contributed by atoms with E-state index >= 15 is 0 Å². The first kappa shape index (κ1) is 68.7. The molecule has 0 heterocycles. The van der Waals surface area contributed by atoms with Crippen LogP contribution < -0.4 is 0 Å². The van der Waals surface area contributed by atoms with Crippen LogP contribution >= 0.6 is 7.82 Å². The van der Waals surface area contributed by atoms with E-state index in [-0.39, 0.29) is 25.9 Å². The van der Waals surface area contributed by atoms with Crippen molar-refractivity contribution in [2.24, 2.45) is 0 Å². The van der Waals surface area contributed by atoms with Gasteiger partial charge in [-0.05, 0) is 89.9 Å². The molecule has 3 unspecified atom stereocenters. The topological polar surface area (TPSA) is 155 Å². The van der Waals surface area contributed by atoms with Crippen LogP contribution in [0, 0.1) is 0 Å². The van der Waals surface area contributed by atoms with Gasteiger partial charge in [-0.15, -0.1) is 0 Å². The van der Waals surface area contributed by atoms with E-state index in [0.29, 0.717) is 19.3 Å². The van der Waals surface area contributed by atoms with Crippen LogP contribution in [0.4, 0.5) is 0 Å². The molecule has 0 aromatic rings. The zero-order valence-electron chi connectivity index (χ0n) is 45.6. The Kier molecular flexibility index (Phi) is 51.4. The van der Waals surface area contributed by atoms with E-state index in [1.807, 2.05) is 0 Å². The van der Waals surface area contributed by atoms with Gasteiger partial charge in [0.1, 0.15) is 12.7 Å². The highest BCUT2D eigenvalue weighted by Gasteiger charge is 2.28. The van der Waals surface area contributed by atoms with Gasteiger partial charge in [0.05, 0.1) is 19.8 Å². The fraction of sp³-hybridized carbons (Fsp3) is 0.717. The fourth-order valence-electron chi connectivity index (χ4n) is 7.54. The average molecular weight is 1030 g/mol. The maximum absolute atomic E-state index is 12.9. The number of phosphoric acid groups is 1. The number of carbonyl (C=O) groups is 3. The summed E-state index contributed by atoms with van der Waals surface area (Å²) in [4.78, 5) is 48.4. The number of hydrogen-bond donors (Lipinski definition) is 2. The van der Waals surface area contributed by atoms with Crippen molar-refractivity contribution in [2.75, 3.05) is 26.4 Å². The van der Waals surface area contributed by atoms with Gasteiger partial charge in [-0.25, -0.2) is 4.57 Å². The lowest BCUT2D eigenvalue weighted by Gasteiger charge is -2.21. The van der Waals surface area contributed by atoms with Crippen molar-refractivity contribution >= 4 is 25.7 Å². The van der Waals surface area contributed by atoms with Crippen LogP contribution in [0.2, 0.25) is 0 Å². The quantitative estimate of drug-likeness (QED) is 0.0197. The summed E-state index contributed by atoms with van der Waals surface area (Å²) < 4.78 is 39.4. The van der Waals surface area contributed by atoms with Gasteiger partial charge in [0.15, 0.2) is 6.10 Å². The molecule has 0 aromatic carbocycles. The zero-order valence-corrected chi connectivity index (χ0v) is 46.5. The number of unbranched alkanes of at least 4 members (excludes halogenated alkanes) is 21. The summed E-state index contributed by atoms with van der Waals surface area (Å²) in [6.45, 7) is 4.37. The number of carbonyl (C=O) groups excluding carboxylic acids is 3. The number of phosphoric ester groups is 1. The lowest BCUT2D eigenvalue weighted by atomic mass is 10.1. The number of esters is 3. The SMILES string of the molecule is CC/C=C\C/C=C\C/C=C\C/C=C\CCCCCCCCC(=O)OC(COC(=O)CCCCCCCCCCC)COP(=O)(O)OCC(CO)OC(=O)CCCCCCCCC/C=C\C/C=C\C/C=C\CC. The van der Waals surface area contributed by atoms with E-state index in [1.54, 1.807) is 0 Å². The highest BCUT2D eigenvalue weighted by Crippen LogP contribution is 2.43. The van der Waals surface area contributed by atoms with E-state index in [4.69, 9.17) is 23.3 Å². The Hall–Kier alpha value is -3.34. The molecule has 11 nitrogen and oxygen atoms in total. The number of aliphatic hydroxyl groups excluding tert-OH is 1. The molecule has 0 bridgehead atoms. The number of allylic oxidation sites excluding steroid dienone is 14. The van der Waals surface area contributed by atoms with Crippen LogP contribution in [-0.2, 0) is 42.2 Å². The van der Waals surface area contributed by atoms with E-state index < -0.39 is 57.8 Å². The molecule has 0 radical (unpaired) electrons. The Bertz CT molecular complexity index is 1530. The fourth-order valence-corrected chi connectivity index (χ4v) is 8.32. The van der Waals surface area contributed by atoms with Gasteiger partial charge in [-0.2, -0.15) is 0 Å². The highest BCUT2D eigenvalue weighted by atomic mass is 31.2. The van der Waals surface area contributed by atoms with Gasteiger partial charge in [-0.1, -0.05) is 215 Å². The molecule has 2 N–H and O–H groups in total. The van der Waals surface area contributed by atoms with Crippen molar-refractivity contribution in [1.29, 1.82) is 0 Å². The van der Waals surface area contributed by atoms with Crippen molar-refractivity contribution < 1.29 is 52.2 Å². The minimum Gasteiger partial charge on any atom is -0.462 e. The van der Waals surface area contributed by atoms with Crippen molar-refractivity contribution in [3.05, 3.63) is 85.1 Å². The van der Waals surface area contributed by atoms with E-state index in [9.17, 15) is 28.9 Å². The standard InChI is InChI=1S/C60H103O11P/c1-4-7-10-13-16-19-21-23-25-27-28-30-32-34-36-39-42-45-48-51-60(64)71-57(53-67-58(62)49-46-43-40-37-18-15-12-9-6-3)55-69-72(65,66)68-54-56(52-61)70-59(63)50-47-44-41-38-35-33-31-29-26-24-22-20-17-14-11-8-5-2/h7-8,10-11,16-17,19-20,23-26,28,30,56-57,61H,4-6,9,12-15,18,21-22,27,29,31-55H2,1-3H3,(H,65,66)/b10-7-,11-8-,19-16-,20-17-,25-23-,26-24-,30-28-. The molecular weight excluding hydrogens is 928 g/mol. The molecular formula is C60H103O11P. The Morgan fingerprint density at radius 3 is 1.11 bits per heavy atom. The summed E-state index contributed by atoms with van der Waals surface area (Å²) in [6.07, 6.45) is 61.2. The van der Waals surface area contributed by atoms with Crippen LogP contribution in [0.3, 0.4) is 0 Å². The van der Waals surface area contributed by atoms with Crippen molar-refractivity contribution in [1.82, 2.24) is 0 Å². The Labute approximate surface area is 439 Å². The van der Waals surface area contributed by atoms with Gasteiger partial charge < -0.3 is 24.2 Å². The monoisotopic (exact) mass is 1030 g/mol. The first-order chi connectivity index (χ1) is 35.2. The van der Waals surface area contributed by atoms with E-state index in [1.165, 1.54) is 44.9 Å². The second kappa shape index (κ2) is 53.9. The maximum atomic E-state index is 12.9. The lowest BCUT2D eigenvalue weighted by molar-refractivity contribution is -0.161. The van der Waals surface area contributed by atoms with Crippen LogP contribution in [0.1, 0.15) is 239 Å². The largest absolute Gasteiger partial charge is 0.472 e. The Morgan fingerprint density at radius 2 is 0.722 bits per heavy atom. The lowest BCUT2D eigenvalue weighted by Crippen LogP contribution is -2.30. The molecule has 0 fully saturated rings. The Morgan fingerprint density at radius 1 is 0.403 bits per heavy atom. The van der Waals surface area contributed by atoms with Gasteiger partial charge in [-0.3, -0.25) is 23.4 Å². The molecule has 0 spiro atoms.